The Labute approximate surface area is 104 Å². The van der Waals surface area contributed by atoms with Crippen LogP contribution in [0.2, 0.25) is 0 Å². The van der Waals surface area contributed by atoms with E-state index in [2.05, 4.69) is 0 Å². The van der Waals surface area contributed by atoms with Gasteiger partial charge in [-0.25, -0.2) is 0 Å². The van der Waals surface area contributed by atoms with Gasteiger partial charge in [0.2, 0.25) is 0 Å². The van der Waals surface area contributed by atoms with Gasteiger partial charge in [0, 0.05) is 7.11 Å². The van der Waals surface area contributed by atoms with Crippen LogP contribution in [0.25, 0.3) is 0 Å². The number of rotatable bonds is 0. The van der Waals surface area contributed by atoms with Crippen molar-refractivity contribution in [1.29, 1.82) is 0 Å². The van der Waals surface area contributed by atoms with Gasteiger partial charge in [-0.3, -0.25) is 0 Å². The van der Waals surface area contributed by atoms with Crippen LogP contribution in [0, 0.1) is 0 Å². The van der Waals surface area contributed by atoms with Gasteiger partial charge >= 0.3 is 21.7 Å². The molecule has 0 heterocycles. The smallest absolute Gasteiger partial charge is 1.00 e. The zero-order valence-electron chi connectivity index (χ0n) is 3.08. The summed E-state index contributed by atoms with van der Waals surface area (Å²) in [5.41, 5.74) is 0. The Morgan fingerprint density at radius 2 is 0.833 bits per heavy atom. The number of hydrogen-bond acceptors (Lipinski definition) is 1. The summed E-state index contributed by atoms with van der Waals surface area (Å²) in [6, 6.07) is 0. The normalized spacial score (nSPS) is 1.00. The summed E-state index contributed by atoms with van der Waals surface area (Å²) in [5, 5.41) is 7.00. The maximum absolute atomic E-state index is 7.00. The second-order valence-corrected chi connectivity index (χ2v) is 0. The number of halogens is 3. The Hall–Kier alpha value is 2.86. The fourth-order valence-corrected chi connectivity index (χ4v) is 0. The molecule has 5 heteroatoms. The minimum absolute atomic E-state index is 0. The molecule has 0 rings (SSSR count). The van der Waals surface area contributed by atoms with E-state index in [1.165, 1.54) is 0 Å². The summed E-state index contributed by atoms with van der Waals surface area (Å²) < 4.78 is 0. The maximum Gasteiger partial charge on any atom is 3.00 e. The van der Waals surface area contributed by atoms with Crippen LogP contribution in [0.3, 0.4) is 0 Å². The van der Waals surface area contributed by atoms with Crippen LogP contribution in [0.1, 0.15) is 0 Å². The van der Waals surface area contributed by atoms with Gasteiger partial charge in [-0.2, -0.15) is 0 Å². The Balaban J connectivity index is -0.000000000833. The third-order valence-corrected chi connectivity index (χ3v) is 0. The van der Waals surface area contributed by atoms with Crippen LogP contribution in [0.4, 0.5) is 0 Å². The van der Waals surface area contributed by atoms with E-state index in [0.717, 1.165) is 7.11 Å². The van der Waals surface area contributed by atoms with Crippen LogP contribution in [0.5, 0.6) is 0 Å². The van der Waals surface area contributed by atoms with Crippen molar-refractivity contribution in [3.05, 3.63) is 0 Å². The first-order chi connectivity index (χ1) is 1.00. The van der Waals surface area contributed by atoms with Crippen molar-refractivity contribution in [2.75, 3.05) is 7.11 Å². The van der Waals surface area contributed by atoms with Crippen molar-refractivity contribution in [2.45, 2.75) is 0 Å². The summed E-state index contributed by atoms with van der Waals surface area (Å²) in [5.74, 6) is 0. The van der Waals surface area contributed by atoms with Crippen molar-refractivity contribution >= 4 is 0 Å². The van der Waals surface area contributed by atoms with Crippen LogP contribution >= 0.6 is 0 Å². The minimum atomic E-state index is 0. The van der Waals surface area contributed by atoms with Crippen molar-refractivity contribution in [3.8, 4) is 0 Å². The van der Waals surface area contributed by atoms with E-state index in [0.29, 0.717) is 0 Å². The molecule has 1 N–H and O–H groups in total. The van der Waals surface area contributed by atoms with Gasteiger partial charge in [0.1, 0.15) is 0 Å². The fraction of sp³-hybridized carbons (Fsp3) is 1.00. The number of hydrogen-bond donors (Lipinski definition) is 1. The van der Waals surface area contributed by atoms with E-state index in [1.54, 1.807) is 0 Å². The molecule has 0 saturated heterocycles. The molecule has 0 bridgehead atoms. The quantitative estimate of drug-likeness (QED) is 0.281. The van der Waals surface area contributed by atoms with Crippen LogP contribution in [-0.4, -0.2) is 12.2 Å². The minimum Gasteiger partial charge on any atom is -1.00 e. The molecule has 0 aromatic rings. The van der Waals surface area contributed by atoms with Gasteiger partial charge in [0.25, 0.3) is 0 Å². The summed E-state index contributed by atoms with van der Waals surface area (Å²) in [4.78, 5) is 0. The van der Waals surface area contributed by atoms with Gasteiger partial charge in [0.05, 0.1) is 0 Å². The van der Waals surface area contributed by atoms with Crippen molar-refractivity contribution < 1.29 is 98.8 Å². The first kappa shape index (κ1) is 36.7. The van der Waals surface area contributed by atoms with E-state index in [9.17, 15) is 0 Å². The van der Waals surface area contributed by atoms with Gasteiger partial charge in [-0.05, 0) is 0 Å². The molecular weight excluding hydrogens is 457 g/mol. The molecule has 1 radical (unpaired) electrons. The molecule has 0 fully saturated rings. The van der Waals surface area contributed by atoms with Gasteiger partial charge in [-0.1, -0.05) is 0 Å². The zero-order valence-corrected chi connectivity index (χ0v) is 11.1. The molecule has 39 valence electrons. The van der Waals surface area contributed by atoms with E-state index in [4.69, 9.17) is 5.11 Å². The summed E-state index contributed by atoms with van der Waals surface area (Å²) >= 11 is 0. The topological polar surface area (TPSA) is 20.2 Å². The average Bonchev–Trinajstić information content (AvgIpc) is 1.00. The molecule has 0 atom stereocenters. The summed E-state index contributed by atoms with van der Waals surface area (Å²) in [6.07, 6.45) is 0. The molecule has 1 nitrogen and oxygen atoms in total. The van der Waals surface area contributed by atoms with E-state index >= 15 is 0 Å². The largest absolute Gasteiger partial charge is 3.00 e. The third kappa shape index (κ3) is 28.8. The molecule has 0 aromatic carbocycles. The molecule has 0 aliphatic heterocycles. The molecule has 0 unspecified atom stereocenters. The Bertz CT molecular complexity index is 10.8. The molecule has 0 amide bonds. The van der Waals surface area contributed by atoms with E-state index in [1.807, 2.05) is 0 Å². The van der Waals surface area contributed by atoms with Crippen LogP contribution in [-0.2, 0) is 21.7 Å². The van der Waals surface area contributed by atoms with E-state index in [-0.39, 0.29) is 93.6 Å². The number of aliphatic hydroxyl groups is 1. The Kier molecular flexibility index (Phi) is 276. The second kappa shape index (κ2) is 45.2. The first-order valence-electron chi connectivity index (χ1n) is 0.447. The molecular formula is CH4I3OTi. The van der Waals surface area contributed by atoms with Gasteiger partial charge < -0.3 is 77.0 Å². The Morgan fingerprint density at radius 3 is 0.833 bits per heavy atom. The monoisotopic (exact) mass is 461 g/mol. The van der Waals surface area contributed by atoms with Crippen LogP contribution < -0.4 is 71.9 Å². The summed E-state index contributed by atoms with van der Waals surface area (Å²) in [6.45, 7) is 0. The van der Waals surface area contributed by atoms with Crippen molar-refractivity contribution in [1.82, 2.24) is 0 Å². The fourth-order valence-electron chi connectivity index (χ4n) is 0. The standard InChI is InChI=1S/CH4O.3HI.Ti/c1-2;;;;/h2H,1H3;3*1H;/q;;;;+3/p-3. The summed E-state index contributed by atoms with van der Waals surface area (Å²) in [7, 11) is 1.00. The van der Waals surface area contributed by atoms with Crippen molar-refractivity contribution in [3.63, 3.8) is 0 Å². The molecule has 0 aliphatic carbocycles. The van der Waals surface area contributed by atoms with Gasteiger partial charge in [-0.15, -0.1) is 0 Å². The van der Waals surface area contributed by atoms with Crippen LogP contribution in [0.15, 0.2) is 0 Å². The zero-order chi connectivity index (χ0) is 2.00. The van der Waals surface area contributed by atoms with E-state index < -0.39 is 0 Å². The molecule has 0 aliphatic rings. The molecule has 0 spiro atoms. The SMILES string of the molecule is CO.[I-].[I-].[I-].[Ti+3]. The Morgan fingerprint density at radius 1 is 0.833 bits per heavy atom. The third-order valence-electron chi connectivity index (χ3n) is 0. The average molecular weight is 461 g/mol. The van der Waals surface area contributed by atoms with Crippen molar-refractivity contribution in [2.24, 2.45) is 0 Å². The number of aliphatic hydroxyl groups excluding tert-OH is 1. The predicted octanol–water partition coefficient (Wildman–Crippen LogP) is -9.38. The first-order valence-corrected chi connectivity index (χ1v) is 0.447. The molecule has 0 aromatic heterocycles. The van der Waals surface area contributed by atoms with Gasteiger partial charge in [0.15, 0.2) is 0 Å². The second-order valence-electron chi connectivity index (χ2n) is 0. The molecule has 6 heavy (non-hydrogen) atoms. The predicted molar refractivity (Wildman–Crippen MR) is 8.14 cm³/mol. The molecule has 0 saturated carbocycles. The maximum atomic E-state index is 7.00.